The topological polar surface area (TPSA) is 84.5 Å². The molecule has 0 amide bonds. The average molecular weight is 391 g/mol. The van der Waals surface area contributed by atoms with Crippen LogP contribution in [0.2, 0.25) is 0 Å². The molecule has 0 saturated heterocycles. The van der Waals surface area contributed by atoms with Crippen molar-refractivity contribution in [3.05, 3.63) is 83.2 Å². The first-order valence-corrected chi connectivity index (χ1v) is 8.26. The van der Waals surface area contributed by atoms with E-state index < -0.39 is 23.1 Å². The number of pyridine rings is 1. The summed E-state index contributed by atoms with van der Waals surface area (Å²) in [4.78, 5) is 4.01. The number of rotatable bonds is 5. The highest BCUT2D eigenvalue weighted by atomic mass is 19.1. The number of nitriles is 2. The van der Waals surface area contributed by atoms with Crippen LogP contribution in [0.15, 0.2) is 54.6 Å². The quantitative estimate of drug-likeness (QED) is 0.569. The lowest BCUT2D eigenvalue weighted by Crippen LogP contribution is -2.03. The number of nitrogens with zero attached hydrogens (tertiary/aromatic N) is 3. The van der Waals surface area contributed by atoms with Gasteiger partial charge in [0.1, 0.15) is 23.1 Å². The zero-order valence-electron chi connectivity index (χ0n) is 14.7. The highest BCUT2D eigenvalue weighted by Gasteiger charge is 2.13. The van der Waals surface area contributed by atoms with Crippen LogP contribution >= 0.6 is 0 Å². The van der Waals surface area contributed by atoms with Crippen molar-refractivity contribution in [3.8, 4) is 12.1 Å². The number of hydrogen-bond donors (Lipinski definition) is 2. The molecule has 0 bridgehead atoms. The first-order valence-electron chi connectivity index (χ1n) is 8.26. The van der Waals surface area contributed by atoms with E-state index in [1.165, 1.54) is 12.1 Å². The molecule has 0 aliphatic carbocycles. The molecule has 0 radical (unpaired) electrons. The third kappa shape index (κ3) is 4.71. The summed E-state index contributed by atoms with van der Waals surface area (Å²) in [5.41, 5.74) is 0.654. The Labute approximate surface area is 164 Å². The first-order chi connectivity index (χ1) is 14.0. The van der Waals surface area contributed by atoms with Crippen LogP contribution in [-0.4, -0.2) is 4.98 Å². The van der Waals surface area contributed by atoms with Gasteiger partial charge >= 0.3 is 0 Å². The second-order valence-electron chi connectivity index (χ2n) is 5.79. The number of anilines is 4. The molecule has 0 aliphatic heterocycles. The van der Waals surface area contributed by atoms with Gasteiger partial charge in [0.25, 0.3) is 0 Å². The molecule has 0 atom stereocenters. The van der Waals surface area contributed by atoms with Crippen LogP contribution in [0.5, 0.6) is 0 Å². The van der Waals surface area contributed by atoms with Gasteiger partial charge in [-0.1, -0.05) is 0 Å². The van der Waals surface area contributed by atoms with E-state index in [0.29, 0.717) is 11.3 Å². The Bertz CT molecular complexity index is 1140. The second-order valence-corrected chi connectivity index (χ2v) is 5.79. The molecule has 1 heterocycles. The molecule has 0 spiro atoms. The molecule has 2 N–H and O–H groups in total. The lowest BCUT2D eigenvalue weighted by Gasteiger charge is -2.12. The minimum atomic E-state index is -0.893. The fourth-order valence-electron chi connectivity index (χ4n) is 2.43. The SMILES string of the molecule is N#C/C=C/c1cc(F)c(Nc2ccc(F)c(Nc3ccc(C#N)cc3)n2)c(F)c1. The van der Waals surface area contributed by atoms with E-state index in [1.807, 2.05) is 6.07 Å². The Morgan fingerprint density at radius 2 is 1.55 bits per heavy atom. The summed E-state index contributed by atoms with van der Waals surface area (Å²) in [5, 5.41) is 22.6. The molecule has 0 unspecified atom stereocenters. The Morgan fingerprint density at radius 1 is 0.862 bits per heavy atom. The molecular weight excluding hydrogens is 379 g/mol. The molecular formula is C21H12F3N5. The molecule has 3 rings (SSSR count). The number of allylic oxidation sites excluding steroid dienone is 1. The number of benzene rings is 2. The zero-order chi connectivity index (χ0) is 20.8. The Kier molecular flexibility index (Phi) is 5.77. The summed E-state index contributed by atoms with van der Waals surface area (Å²) in [6, 6.07) is 14.4. The zero-order valence-corrected chi connectivity index (χ0v) is 14.7. The maximum Gasteiger partial charge on any atom is 0.168 e. The van der Waals surface area contributed by atoms with E-state index in [2.05, 4.69) is 15.6 Å². The van der Waals surface area contributed by atoms with Crippen LogP contribution in [0.25, 0.3) is 6.08 Å². The van der Waals surface area contributed by atoms with Crippen LogP contribution in [0.3, 0.4) is 0 Å². The van der Waals surface area contributed by atoms with Crippen molar-refractivity contribution in [3.63, 3.8) is 0 Å². The number of hydrogen-bond acceptors (Lipinski definition) is 5. The molecule has 5 nitrogen and oxygen atoms in total. The molecule has 142 valence electrons. The second kappa shape index (κ2) is 8.59. The van der Waals surface area contributed by atoms with Crippen LogP contribution in [0.1, 0.15) is 11.1 Å². The molecule has 0 saturated carbocycles. The predicted octanol–water partition coefficient (Wildman–Crippen LogP) is 5.39. The van der Waals surface area contributed by atoms with E-state index in [1.54, 1.807) is 30.3 Å². The summed E-state index contributed by atoms with van der Waals surface area (Å²) in [5.74, 6) is -2.60. The third-order valence-corrected chi connectivity index (χ3v) is 3.79. The molecule has 2 aromatic carbocycles. The first kappa shape index (κ1) is 19.5. The smallest absolute Gasteiger partial charge is 0.168 e. The molecule has 1 aromatic heterocycles. The number of nitrogens with one attached hydrogen (secondary N) is 2. The van der Waals surface area contributed by atoms with Crippen molar-refractivity contribution in [2.75, 3.05) is 10.6 Å². The van der Waals surface area contributed by atoms with E-state index in [0.717, 1.165) is 24.3 Å². The molecule has 3 aromatic rings. The van der Waals surface area contributed by atoms with Crippen molar-refractivity contribution in [1.29, 1.82) is 10.5 Å². The van der Waals surface area contributed by atoms with E-state index in [-0.39, 0.29) is 17.2 Å². The fraction of sp³-hybridized carbons (Fsp3) is 0. The lowest BCUT2D eigenvalue weighted by atomic mass is 10.1. The Balaban J connectivity index is 1.85. The van der Waals surface area contributed by atoms with Gasteiger partial charge in [0.05, 0.1) is 17.7 Å². The largest absolute Gasteiger partial charge is 0.338 e. The van der Waals surface area contributed by atoms with Gasteiger partial charge in [-0.15, -0.1) is 0 Å². The lowest BCUT2D eigenvalue weighted by molar-refractivity contribution is 0.590. The predicted molar refractivity (Wildman–Crippen MR) is 103 cm³/mol. The van der Waals surface area contributed by atoms with E-state index in [4.69, 9.17) is 10.5 Å². The van der Waals surface area contributed by atoms with Gasteiger partial charge in [0.15, 0.2) is 11.6 Å². The van der Waals surface area contributed by atoms with Crippen LogP contribution in [0.4, 0.5) is 36.2 Å². The van der Waals surface area contributed by atoms with Crippen molar-refractivity contribution in [2.45, 2.75) is 0 Å². The van der Waals surface area contributed by atoms with Crippen LogP contribution in [-0.2, 0) is 0 Å². The summed E-state index contributed by atoms with van der Waals surface area (Å²) >= 11 is 0. The van der Waals surface area contributed by atoms with Gasteiger partial charge in [-0.25, -0.2) is 18.2 Å². The van der Waals surface area contributed by atoms with Gasteiger partial charge < -0.3 is 10.6 Å². The summed E-state index contributed by atoms with van der Waals surface area (Å²) in [6.45, 7) is 0. The minimum absolute atomic E-state index is 0.0145. The molecule has 0 fully saturated rings. The van der Waals surface area contributed by atoms with Crippen molar-refractivity contribution in [1.82, 2.24) is 4.98 Å². The maximum absolute atomic E-state index is 14.3. The van der Waals surface area contributed by atoms with Gasteiger partial charge in [-0.2, -0.15) is 10.5 Å². The third-order valence-electron chi connectivity index (χ3n) is 3.79. The molecule has 8 heteroatoms. The standard InChI is InChI=1S/C21H12F3N5/c22-16-7-8-19(29-21(16)27-15-5-3-13(12-26)4-6-15)28-20-17(23)10-14(2-1-9-25)11-18(20)24/h1-8,10-11H,(H2,27,28,29)/b2-1+. The summed E-state index contributed by atoms with van der Waals surface area (Å²) in [7, 11) is 0. The van der Waals surface area contributed by atoms with Crippen LogP contribution < -0.4 is 10.6 Å². The highest BCUT2D eigenvalue weighted by Crippen LogP contribution is 2.27. The van der Waals surface area contributed by atoms with Crippen molar-refractivity contribution in [2.24, 2.45) is 0 Å². The number of halogens is 3. The van der Waals surface area contributed by atoms with E-state index in [9.17, 15) is 13.2 Å². The Morgan fingerprint density at radius 3 is 2.17 bits per heavy atom. The Hall–Kier alpha value is -4.30. The molecule has 0 aliphatic rings. The van der Waals surface area contributed by atoms with Gasteiger partial charge in [-0.3, -0.25) is 0 Å². The van der Waals surface area contributed by atoms with Gasteiger partial charge in [0.2, 0.25) is 0 Å². The highest BCUT2D eigenvalue weighted by molar-refractivity contribution is 5.65. The van der Waals surface area contributed by atoms with Crippen molar-refractivity contribution < 1.29 is 13.2 Å². The summed E-state index contributed by atoms with van der Waals surface area (Å²) in [6.07, 6.45) is 2.37. The minimum Gasteiger partial charge on any atom is -0.338 e. The molecule has 29 heavy (non-hydrogen) atoms. The fourth-order valence-corrected chi connectivity index (χ4v) is 2.43. The normalized spacial score (nSPS) is 10.4. The average Bonchev–Trinajstić information content (AvgIpc) is 2.72. The van der Waals surface area contributed by atoms with Crippen LogP contribution in [0, 0.1) is 40.1 Å². The number of aromatic nitrogens is 1. The monoisotopic (exact) mass is 391 g/mol. The maximum atomic E-state index is 14.3. The van der Waals surface area contributed by atoms with Gasteiger partial charge in [0, 0.05) is 11.8 Å². The van der Waals surface area contributed by atoms with E-state index >= 15 is 0 Å². The van der Waals surface area contributed by atoms with Gasteiger partial charge in [-0.05, 0) is 60.2 Å². The summed E-state index contributed by atoms with van der Waals surface area (Å²) < 4.78 is 42.6. The van der Waals surface area contributed by atoms with Crippen molar-refractivity contribution >= 4 is 29.1 Å².